The summed E-state index contributed by atoms with van der Waals surface area (Å²) in [4.78, 5) is 0. The molecule has 1 unspecified atom stereocenters. The van der Waals surface area contributed by atoms with E-state index >= 15 is 0 Å². The number of hydrogen-bond acceptors (Lipinski definition) is 1. The van der Waals surface area contributed by atoms with Crippen LogP contribution in [0.5, 0.6) is 0 Å². The van der Waals surface area contributed by atoms with Crippen LogP contribution in [0.4, 0.5) is 0 Å². The average molecular weight is 344 g/mol. The third-order valence-corrected chi connectivity index (χ3v) is 4.27. The molecule has 1 atom stereocenters. The summed E-state index contributed by atoms with van der Waals surface area (Å²) < 4.78 is 1.27. The van der Waals surface area contributed by atoms with Crippen molar-refractivity contribution >= 4 is 15.9 Å². The molecule has 1 aliphatic carbocycles. The minimum Gasteiger partial charge on any atom is -0.359 e. The highest BCUT2D eigenvalue weighted by Crippen LogP contribution is 2.22. The third-order valence-electron chi connectivity index (χ3n) is 3.60. The second-order valence-electron chi connectivity index (χ2n) is 5.23. The Morgan fingerprint density at radius 2 is 1.95 bits per heavy atom. The molecule has 0 amide bonds. The SMILES string of the molecule is C/C=C(\C=C/C(C)c1ccccc1)NC1=CC=C(Br)CC1. The first-order valence-corrected chi connectivity index (χ1v) is 8.20. The maximum Gasteiger partial charge on any atom is 0.0335 e. The van der Waals surface area contributed by atoms with Crippen molar-refractivity contribution in [3.05, 3.63) is 82.2 Å². The van der Waals surface area contributed by atoms with Gasteiger partial charge < -0.3 is 5.32 Å². The van der Waals surface area contributed by atoms with Crippen LogP contribution in [-0.2, 0) is 0 Å². The van der Waals surface area contributed by atoms with Crippen molar-refractivity contribution in [1.82, 2.24) is 5.32 Å². The van der Waals surface area contributed by atoms with Gasteiger partial charge in [0.15, 0.2) is 0 Å². The van der Waals surface area contributed by atoms with E-state index in [1.54, 1.807) is 0 Å². The van der Waals surface area contributed by atoms with Gasteiger partial charge in [0.2, 0.25) is 0 Å². The quantitative estimate of drug-likeness (QED) is 0.666. The minimum atomic E-state index is 0.414. The van der Waals surface area contributed by atoms with E-state index in [9.17, 15) is 0 Å². The molecule has 0 saturated heterocycles. The van der Waals surface area contributed by atoms with E-state index < -0.39 is 0 Å². The molecular weight excluding hydrogens is 322 g/mol. The van der Waals surface area contributed by atoms with E-state index in [2.05, 4.69) is 95.8 Å². The third kappa shape index (κ3) is 5.05. The van der Waals surface area contributed by atoms with Gasteiger partial charge in [-0.2, -0.15) is 0 Å². The molecule has 110 valence electrons. The minimum absolute atomic E-state index is 0.414. The predicted octanol–water partition coefficient (Wildman–Crippen LogP) is 5.80. The van der Waals surface area contributed by atoms with Gasteiger partial charge in [-0.05, 0) is 47.9 Å². The molecule has 0 aliphatic heterocycles. The smallest absolute Gasteiger partial charge is 0.0335 e. The summed E-state index contributed by atoms with van der Waals surface area (Å²) in [6.45, 7) is 4.29. The lowest BCUT2D eigenvalue weighted by atomic mass is 10.0. The van der Waals surface area contributed by atoms with Crippen LogP contribution < -0.4 is 5.32 Å². The molecule has 2 heteroatoms. The van der Waals surface area contributed by atoms with E-state index in [1.165, 1.54) is 15.7 Å². The van der Waals surface area contributed by atoms with Crippen molar-refractivity contribution in [3.8, 4) is 0 Å². The first-order valence-electron chi connectivity index (χ1n) is 7.40. The number of hydrogen-bond donors (Lipinski definition) is 1. The van der Waals surface area contributed by atoms with Gasteiger partial charge in [-0.1, -0.05) is 71.4 Å². The fourth-order valence-corrected chi connectivity index (χ4v) is 2.56. The summed E-state index contributed by atoms with van der Waals surface area (Å²) in [5.41, 5.74) is 3.76. The van der Waals surface area contributed by atoms with Gasteiger partial charge in [0.05, 0.1) is 0 Å². The maximum atomic E-state index is 3.53. The molecule has 21 heavy (non-hydrogen) atoms. The molecule has 1 N–H and O–H groups in total. The Kier molecular flexibility index (Phi) is 6.06. The fraction of sp³-hybridized carbons (Fsp3) is 0.263. The van der Waals surface area contributed by atoms with Crippen LogP contribution in [0.2, 0.25) is 0 Å². The zero-order valence-corrected chi connectivity index (χ0v) is 14.2. The zero-order chi connectivity index (χ0) is 15.1. The van der Waals surface area contributed by atoms with E-state index in [0.29, 0.717) is 5.92 Å². The van der Waals surface area contributed by atoms with E-state index in [0.717, 1.165) is 18.5 Å². The van der Waals surface area contributed by atoms with Crippen LogP contribution in [0.25, 0.3) is 0 Å². The summed E-state index contributed by atoms with van der Waals surface area (Å²) in [5, 5.41) is 3.50. The molecule has 0 saturated carbocycles. The van der Waals surface area contributed by atoms with Gasteiger partial charge in [0.1, 0.15) is 0 Å². The summed E-state index contributed by atoms with van der Waals surface area (Å²) >= 11 is 3.53. The highest BCUT2D eigenvalue weighted by Gasteiger charge is 2.05. The standard InChI is InChI=1S/C19H22BrN/c1-3-18(21-19-13-10-17(20)11-14-19)12-9-15(2)16-7-5-4-6-8-16/h3-10,12-13,15,21H,11,14H2,1-2H3/b12-9-,18-3+. The average Bonchev–Trinajstić information content (AvgIpc) is 2.53. The lowest BCUT2D eigenvalue weighted by molar-refractivity contribution is 0.842. The summed E-state index contributed by atoms with van der Waals surface area (Å²) in [5.74, 6) is 0.414. The van der Waals surface area contributed by atoms with Crippen LogP contribution >= 0.6 is 15.9 Å². The monoisotopic (exact) mass is 343 g/mol. The Bertz CT molecular complexity index is 579. The van der Waals surface area contributed by atoms with Crippen LogP contribution in [0.1, 0.15) is 38.2 Å². The van der Waals surface area contributed by atoms with Gasteiger partial charge in [-0.25, -0.2) is 0 Å². The Hall–Kier alpha value is -1.54. The summed E-state index contributed by atoms with van der Waals surface area (Å²) in [6, 6.07) is 10.6. The molecule has 1 aromatic rings. The van der Waals surface area contributed by atoms with Gasteiger partial charge in [-0.3, -0.25) is 0 Å². The number of benzene rings is 1. The highest BCUT2D eigenvalue weighted by atomic mass is 79.9. The molecule has 0 heterocycles. The zero-order valence-electron chi connectivity index (χ0n) is 12.6. The van der Waals surface area contributed by atoms with E-state index in [1.807, 2.05) is 0 Å². The Morgan fingerprint density at radius 3 is 2.57 bits per heavy atom. The van der Waals surface area contributed by atoms with Crippen LogP contribution in [0.3, 0.4) is 0 Å². The number of allylic oxidation sites excluding steroid dienone is 7. The lowest BCUT2D eigenvalue weighted by Crippen LogP contribution is -2.12. The number of halogens is 1. The van der Waals surface area contributed by atoms with Crippen molar-refractivity contribution in [3.63, 3.8) is 0 Å². The first-order chi connectivity index (χ1) is 10.2. The summed E-state index contributed by atoms with van der Waals surface area (Å²) in [6.07, 6.45) is 12.9. The second kappa shape index (κ2) is 8.04. The molecule has 1 nitrogen and oxygen atoms in total. The molecule has 0 spiro atoms. The molecular formula is C19H22BrN. The first kappa shape index (κ1) is 15.8. The van der Waals surface area contributed by atoms with Crippen molar-refractivity contribution < 1.29 is 0 Å². The maximum absolute atomic E-state index is 3.53. The van der Waals surface area contributed by atoms with Crippen molar-refractivity contribution in [2.75, 3.05) is 0 Å². The van der Waals surface area contributed by atoms with Crippen LogP contribution in [0.15, 0.2) is 76.6 Å². The molecule has 0 radical (unpaired) electrons. The van der Waals surface area contributed by atoms with Gasteiger partial charge >= 0.3 is 0 Å². The fourth-order valence-electron chi connectivity index (χ4n) is 2.23. The van der Waals surface area contributed by atoms with Crippen LogP contribution in [-0.4, -0.2) is 0 Å². The molecule has 0 aromatic heterocycles. The van der Waals surface area contributed by atoms with Crippen LogP contribution in [0, 0.1) is 0 Å². The largest absolute Gasteiger partial charge is 0.359 e. The molecule has 2 rings (SSSR count). The molecule has 0 bridgehead atoms. The van der Waals surface area contributed by atoms with Gasteiger partial charge in [0.25, 0.3) is 0 Å². The molecule has 1 aliphatic rings. The molecule has 1 aromatic carbocycles. The highest BCUT2D eigenvalue weighted by molar-refractivity contribution is 9.11. The predicted molar refractivity (Wildman–Crippen MR) is 95.2 cm³/mol. The molecule has 0 fully saturated rings. The topological polar surface area (TPSA) is 12.0 Å². The normalized spacial score (nSPS) is 17.4. The van der Waals surface area contributed by atoms with Gasteiger partial charge in [-0.15, -0.1) is 0 Å². The van der Waals surface area contributed by atoms with Crippen molar-refractivity contribution in [2.45, 2.75) is 32.6 Å². The number of nitrogens with one attached hydrogen (secondary N) is 1. The number of rotatable bonds is 5. The van der Waals surface area contributed by atoms with Crippen molar-refractivity contribution in [2.24, 2.45) is 0 Å². The van der Waals surface area contributed by atoms with Gasteiger partial charge in [0, 0.05) is 11.4 Å². The Morgan fingerprint density at radius 1 is 1.19 bits per heavy atom. The second-order valence-corrected chi connectivity index (χ2v) is 6.25. The lowest BCUT2D eigenvalue weighted by Gasteiger charge is -2.15. The Balaban J connectivity index is 1.98. The Labute approximate surface area is 136 Å². The van der Waals surface area contributed by atoms with Crippen molar-refractivity contribution in [1.29, 1.82) is 0 Å². The summed E-state index contributed by atoms with van der Waals surface area (Å²) in [7, 11) is 0. The van der Waals surface area contributed by atoms with E-state index in [4.69, 9.17) is 0 Å². The van der Waals surface area contributed by atoms with E-state index in [-0.39, 0.29) is 0 Å².